The number of sulfonamides is 1. The average Bonchev–Trinajstić information content (AvgIpc) is 3.15. The molecule has 0 saturated carbocycles. The number of furan rings is 1. The van der Waals surface area contributed by atoms with Crippen molar-refractivity contribution in [2.24, 2.45) is 0 Å². The van der Waals surface area contributed by atoms with Crippen molar-refractivity contribution in [1.29, 1.82) is 0 Å². The summed E-state index contributed by atoms with van der Waals surface area (Å²) in [6.07, 6.45) is 2.15. The van der Waals surface area contributed by atoms with Crippen LogP contribution in [0.2, 0.25) is 0 Å². The molecule has 0 radical (unpaired) electrons. The van der Waals surface area contributed by atoms with Gasteiger partial charge in [0, 0.05) is 12.8 Å². The van der Waals surface area contributed by atoms with Crippen molar-refractivity contribution >= 4 is 27.3 Å². The summed E-state index contributed by atoms with van der Waals surface area (Å²) in [6, 6.07) is 14.4. The van der Waals surface area contributed by atoms with Gasteiger partial charge >= 0.3 is 0 Å². The highest BCUT2D eigenvalue weighted by Crippen LogP contribution is 2.25. The van der Waals surface area contributed by atoms with Crippen LogP contribution in [-0.2, 0) is 21.2 Å². The summed E-state index contributed by atoms with van der Waals surface area (Å²) in [5.41, 5.74) is 0.542. The van der Waals surface area contributed by atoms with E-state index in [9.17, 15) is 17.6 Å². The van der Waals surface area contributed by atoms with Gasteiger partial charge in [0.1, 0.15) is 11.6 Å². The Labute approximate surface area is 156 Å². The molecule has 0 aliphatic carbocycles. The van der Waals surface area contributed by atoms with Crippen LogP contribution in [0.25, 0.3) is 0 Å². The molecular weight excluding hydrogens is 371 g/mol. The lowest BCUT2D eigenvalue weighted by atomic mass is 10.2. The summed E-state index contributed by atoms with van der Waals surface area (Å²) in [7, 11) is -3.92. The largest absolute Gasteiger partial charge is 0.469 e. The van der Waals surface area contributed by atoms with Crippen LogP contribution in [0.3, 0.4) is 0 Å². The first kappa shape index (κ1) is 18.7. The number of para-hydroxylation sites is 2. The molecule has 0 unspecified atom stereocenters. The van der Waals surface area contributed by atoms with Crippen LogP contribution < -0.4 is 10.0 Å². The Balaban J connectivity index is 1.71. The molecule has 140 valence electrons. The lowest BCUT2D eigenvalue weighted by molar-refractivity contribution is -0.116. The number of aryl methyl sites for hydroxylation is 1. The molecule has 2 aromatic carbocycles. The van der Waals surface area contributed by atoms with E-state index < -0.39 is 15.8 Å². The maximum absolute atomic E-state index is 13.0. The van der Waals surface area contributed by atoms with E-state index in [-0.39, 0.29) is 22.9 Å². The Morgan fingerprint density at radius 2 is 1.67 bits per heavy atom. The highest BCUT2D eigenvalue weighted by Gasteiger charge is 2.17. The Hall–Kier alpha value is -3.13. The van der Waals surface area contributed by atoms with Crippen LogP contribution >= 0.6 is 0 Å². The van der Waals surface area contributed by atoms with E-state index in [2.05, 4.69) is 10.0 Å². The van der Waals surface area contributed by atoms with Gasteiger partial charge in [-0.3, -0.25) is 9.52 Å². The van der Waals surface area contributed by atoms with Gasteiger partial charge in [-0.05, 0) is 48.5 Å². The van der Waals surface area contributed by atoms with E-state index in [0.29, 0.717) is 17.9 Å². The number of carbonyl (C=O) groups excluding carboxylic acids is 1. The monoisotopic (exact) mass is 388 g/mol. The summed E-state index contributed by atoms with van der Waals surface area (Å²) in [4.78, 5) is 12.1. The first-order chi connectivity index (χ1) is 12.9. The Morgan fingerprint density at radius 1 is 0.963 bits per heavy atom. The third-order valence-electron chi connectivity index (χ3n) is 3.75. The standard InChI is InChI=1S/C19H17FN2O4S/c20-14-7-10-16(11-8-14)27(24,25)22-18-6-2-1-5-17(18)21-19(23)12-9-15-4-3-13-26-15/h1-8,10-11,13,22H,9,12H2,(H,21,23). The first-order valence-electron chi connectivity index (χ1n) is 8.14. The van der Waals surface area contributed by atoms with E-state index in [1.807, 2.05) is 0 Å². The molecule has 0 atom stereocenters. The van der Waals surface area contributed by atoms with E-state index in [1.54, 1.807) is 30.3 Å². The number of benzene rings is 2. The molecule has 3 rings (SSSR count). The zero-order chi connectivity index (χ0) is 19.3. The fourth-order valence-electron chi connectivity index (χ4n) is 2.40. The number of amides is 1. The summed E-state index contributed by atoms with van der Waals surface area (Å²) in [5, 5.41) is 2.69. The normalized spacial score (nSPS) is 11.1. The molecule has 27 heavy (non-hydrogen) atoms. The second kappa shape index (κ2) is 8.05. The fourth-order valence-corrected chi connectivity index (χ4v) is 3.48. The third kappa shape index (κ3) is 4.95. The Bertz CT molecular complexity index is 1020. The van der Waals surface area contributed by atoms with Gasteiger partial charge in [0.25, 0.3) is 10.0 Å². The molecule has 6 nitrogen and oxygen atoms in total. The van der Waals surface area contributed by atoms with E-state index in [0.717, 1.165) is 12.1 Å². The molecule has 2 N–H and O–H groups in total. The van der Waals surface area contributed by atoms with Crippen molar-refractivity contribution in [3.63, 3.8) is 0 Å². The van der Waals surface area contributed by atoms with Gasteiger partial charge in [0.05, 0.1) is 22.5 Å². The minimum absolute atomic E-state index is 0.0807. The van der Waals surface area contributed by atoms with Gasteiger partial charge in [-0.25, -0.2) is 12.8 Å². The van der Waals surface area contributed by atoms with Crippen molar-refractivity contribution in [1.82, 2.24) is 0 Å². The van der Waals surface area contributed by atoms with Crippen molar-refractivity contribution in [2.75, 3.05) is 10.0 Å². The van der Waals surface area contributed by atoms with Crippen LogP contribution in [0.15, 0.2) is 76.2 Å². The molecule has 3 aromatic rings. The second-order valence-electron chi connectivity index (χ2n) is 5.73. The molecule has 0 aliphatic rings. The van der Waals surface area contributed by atoms with Crippen molar-refractivity contribution in [3.05, 3.63) is 78.5 Å². The van der Waals surface area contributed by atoms with Gasteiger partial charge in [-0.15, -0.1) is 0 Å². The maximum Gasteiger partial charge on any atom is 0.261 e. The smallest absolute Gasteiger partial charge is 0.261 e. The lowest BCUT2D eigenvalue weighted by Crippen LogP contribution is -2.17. The second-order valence-corrected chi connectivity index (χ2v) is 7.41. The molecule has 0 spiro atoms. The van der Waals surface area contributed by atoms with Crippen LogP contribution in [0.5, 0.6) is 0 Å². The highest BCUT2D eigenvalue weighted by atomic mass is 32.2. The molecule has 1 heterocycles. The van der Waals surface area contributed by atoms with Crippen LogP contribution in [0, 0.1) is 5.82 Å². The number of rotatable bonds is 7. The molecule has 0 fully saturated rings. The predicted molar refractivity (Wildman–Crippen MR) is 99.3 cm³/mol. The Morgan fingerprint density at radius 3 is 2.33 bits per heavy atom. The quantitative estimate of drug-likeness (QED) is 0.645. The number of anilines is 2. The van der Waals surface area contributed by atoms with Gasteiger partial charge < -0.3 is 9.73 Å². The molecule has 1 aromatic heterocycles. The van der Waals surface area contributed by atoms with Crippen molar-refractivity contribution < 1.29 is 22.0 Å². The first-order valence-corrected chi connectivity index (χ1v) is 9.62. The topological polar surface area (TPSA) is 88.4 Å². The van der Waals surface area contributed by atoms with Gasteiger partial charge in [-0.1, -0.05) is 12.1 Å². The average molecular weight is 388 g/mol. The SMILES string of the molecule is O=C(CCc1ccco1)Nc1ccccc1NS(=O)(=O)c1ccc(F)cc1. The maximum atomic E-state index is 13.0. The lowest BCUT2D eigenvalue weighted by Gasteiger charge is -2.13. The highest BCUT2D eigenvalue weighted by molar-refractivity contribution is 7.92. The molecule has 0 saturated heterocycles. The molecule has 0 bridgehead atoms. The van der Waals surface area contributed by atoms with Gasteiger partial charge in [-0.2, -0.15) is 0 Å². The summed E-state index contributed by atoms with van der Waals surface area (Å²) in [6.45, 7) is 0. The van der Waals surface area contributed by atoms with E-state index in [4.69, 9.17) is 4.42 Å². The van der Waals surface area contributed by atoms with E-state index in [1.165, 1.54) is 24.5 Å². The molecule has 8 heteroatoms. The van der Waals surface area contributed by atoms with Gasteiger partial charge in [0.15, 0.2) is 0 Å². The van der Waals surface area contributed by atoms with Crippen LogP contribution in [-0.4, -0.2) is 14.3 Å². The molecular formula is C19H17FN2O4S. The van der Waals surface area contributed by atoms with Crippen LogP contribution in [0.4, 0.5) is 15.8 Å². The van der Waals surface area contributed by atoms with E-state index >= 15 is 0 Å². The fraction of sp³-hybridized carbons (Fsp3) is 0.105. The minimum Gasteiger partial charge on any atom is -0.469 e. The number of hydrogen-bond acceptors (Lipinski definition) is 4. The predicted octanol–water partition coefficient (Wildman–Crippen LogP) is 3.79. The number of nitrogens with one attached hydrogen (secondary N) is 2. The molecule has 0 aliphatic heterocycles. The van der Waals surface area contributed by atoms with Gasteiger partial charge in [0.2, 0.25) is 5.91 Å². The third-order valence-corrected chi connectivity index (χ3v) is 5.13. The van der Waals surface area contributed by atoms with Crippen molar-refractivity contribution in [2.45, 2.75) is 17.7 Å². The minimum atomic E-state index is -3.92. The van der Waals surface area contributed by atoms with Crippen LogP contribution in [0.1, 0.15) is 12.2 Å². The number of carbonyl (C=O) groups is 1. The Kier molecular flexibility index (Phi) is 5.56. The number of halogens is 1. The van der Waals surface area contributed by atoms with Crippen molar-refractivity contribution in [3.8, 4) is 0 Å². The summed E-state index contributed by atoms with van der Waals surface area (Å²) < 4.78 is 45.6. The summed E-state index contributed by atoms with van der Waals surface area (Å²) in [5.74, 6) is -0.117. The number of hydrogen-bond donors (Lipinski definition) is 2. The summed E-state index contributed by atoms with van der Waals surface area (Å²) >= 11 is 0. The zero-order valence-electron chi connectivity index (χ0n) is 14.2. The molecule has 1 amide bonds. The zero-order valence-corrected chi connectivity index (χ0v) is 15.0.